The minimum absolute atomic E-state index is 0. The molecule has 3 N–H and O–H groups in total. The first kappa shape index (κ1) is 13.2. The van der Waals surface area contributed by atoms with Crippen molar-refractivity contribution in [2.24, 2.45) is 0 Å². The number of hydrogen-bond acceptors (Lipinski definition) is 3. The van der Waals surface area contributed by atoms with E-state index in [1.54, 1.807) is 24.3 Å². The van der Waals surface area contributed by atoms with Gasteiger partial charge in [0.1, 0.15) is 0 Å². The van der Waals surface area contributed by atoms with Crippen LogP contribution in [0.25, 0.3) is 0 Å². The van der Waals surface area contributed by atoms with E-state index in [1.165, 1.54) is 0 Å². The van der Waals surface area contributed by atoms with Crippen molar-refractivity contribution in [2.75, 3.05) is 5.73 Å². The van der Waals surface area contributed by atoms with Crippen molar-refractivity contribution in [3.8, 4) is 0 Å². The zero-order chi connectivity index (χ0) is 11.8. The number of nitrogen functional groups attached to an aromatic ring is 1. The van der Waals surface area contributed by atoms with E-state index in [2.05, 4.69) is 5.32 Å². The maximum absolute atomic E-state index is 12.0. The summed E-state index contributed by atoms with van der Waals surface area (Å²) in [6.07, 6.45) is 3.73. The van der Waals surface area contributed by atoms with Gasteiger partial charge in [-0.15, -0.1) is 12.4 Å². The molecule has 2 aliphatic heterocycles. The summed E-state index contributed by atoms with van der Waals surface area (Å²) in [4.78, 5) is 12.0. The monoisotopic (exact) mass is 268 g/mol. The number of nitrogens with one attached hydrogen (secondary N) is 1. The number of nitrogens with two attached hydrogens (primary N) is 1. The van der Waals surface area contributed by atoms with Gasteiger partial charge in [0.05, 0.1) is 18.2 Å². The number of anilines is 1. The Morgan fingerprint density at radius 3 is 2.56 bits per heavy atom. The van der Waals surface area contributed by atoms with E-state index >= 15 is 0 Å². The highest BCUT2D eigenvalue weighted by Crippen LogP contribution is 2.34. The van der Waals surface area contributed by atoms with Gasteiger partial charge >= 0.3 is 0 Å². The third-order valence-corrected chi connectivity index (χ3v) is 3.60. The molecule has 0 spiro atoms. The molecule has 1 aromatic carbocycles. The van der Waals surface area contributed by atoms with Gasteiger partial charge in [-0.2, -0.15) is 0 Å². The highest BCUT2D eigenvalue weighted by atomic mass is 35.5. The van der Waals surface area contributed by atoms with Gasteiger partial charge in [-0.1, -0.05) is 0 Å². The fourth-order valence-corrected chi connectivity index (χ4v) is 2.68. The van der Waals surface area contributed by atoms with Crippen molar-refractivity contribution in [3.63, 3.8) is 0 Å². The van der Waals surface area contributed by atoms with Gasteiger partial charge in [-0.3, -0.25) is 4.79 Å². The number of fused-ring (bicyclic) bond motifs is 2. The van der Waals surface area contributed by atoms with Gasteiger partial charge in [-0.05, 0) is 43.5 Å². The van der Waals surface area contributed by atoms with Crippen LogP contribution in [-0.2, 0) is 4.74 Å². The Bertz CT molecular complexity index is 435. The van der Waals surface area contributed by atoms with Crippen molar-refractivity contribution in [1.82, 2.24) is 5.32 Å². The SMILES string of the molecule is Cl.Nc1ccc(C(=O)NC2CC3CCC2O3)cc1. The topological polar surface area (TPSA) is 64.4 Å². The fourth-order valence-electron chi connectivity index (χ4n) is 2.68. The number of ether oxygens (including phenoxy) is 1. The first-order valence-electron chi connectivity index (χ1n) is 6.04. The lowest BCUT2D eigenvalue weighted by Crippen LogP contribution is -2.41. The Morgan fingerprint density at radius 2 is 2.00 bits per heavy atom. The molecule has 2 aliphatic rings. The summed E-state index contributed by atoms with van der Waals surface area (Å²) in [5, 5.41) is 3.04. The van der Waals surface area contributed by atoms with E-state index < -0.39 is 0 Å². The second-order valence-corrected chi connectivity index (χ2v) is 4.81. The van der Waals surface area contributed by atoms with Crippen LogP contribution in [0.2, 0.25) is 0 Å². The standard InChI is InChI=1S/C13H16N2O2.ClH/c14-9-3-1-8(2-4-9)13(16)15-11-7-10-5-6-12(11)17-10;/h1-4,10-12H,5-7,14H2,(H,15,16);1H. The Balaban J connectivity index is 0.00000120. The van der Waals surface area contributed by atoms with Crippen LogP contribution in [0.4, 0.5) is 5.69 Å². The van der Waals surface area contributed by atoms with E-state index in [-0.39, 0.29) is 30.5 Å². The third kappa shape index (κ3) is 2.44. The molecule has 98 valence electrons. The number of carbonyl (C=O) groups excluding carboxylic acids is 1. The molecule has 5 heteroatoms. The number of rotatable bonds is 2. The van der Waals surface area contributed by atoms with Gasteiger partial charge in [0.25, 0.3) is 5.91 Å². The lowest BCUT2D eigenvalue weighted by Gasteiger charge is -2.20. The molecule has 4 nitrogen and oxygen atoms in total. The van der Waals surface area contributed by atoms with Crippen LogP contribution in [0.15, 0.2) is 24.3 Å². The van der Waals surface area contributed by atoms with Crippen molar-refractivity contribution in [1.29, 1.82) is 0 Å². The normalized spacial score (nSPS) is 28.8. The van der Waals surface area contributed by atoms with Crippen LogP contribution in [-0.4, -0.2) is 24.2 Å². The highest BCUT2D eigenvalue weighted by molar-refractivity contribution is 5.94. The molecule has 0 aromatic heterocycles. The molecule has 1 aromatic rings. The first-order chi connectivity index (χ1) is 8.22. The Morgan fingerprint density at radius 1 is 1.28 bits per heavy atom. The smallest absolute Gasteiger partial charge is 0.251 e. The molecule has 2 fully saturated rings. The van der Waals surface area contributed by atoms with Crippen LogP contribution in [0.1, 0.15) is 29.6 Å². The van der Waals surface area contributed by atoms with Gasteiger partial charge in [0, 0.05) is 11.3 Å². The zero-order valence-corrected chi connectivity index (χ0v) is 10.8. The molecule has 3 atom stereocenters. The van der Waals surface area contributed by atoms with Crippen LogP contribution < -0.4 is 11.1 Å². The molecular weight excluding hydrogens is 252 g/mol. The summed E-state index contributed by atoms with van der Waals surface area (Å²) in [5.41, 5.74) is 6.91. The van der Waals surface area contributed by atoms with E-state index in [0.29, 0.717) is 17.4 Å². The molecule has 2 heterocycles. The zero-order valence-electron chi connectivity index (χ0n) is 9.96. The molecule has 2 bridgehead atoms. The molecular formula is C13H17ClN2O2. The lowest BCUT2D eigenvalue weighted by molar-refractivity contribution is 0.0841. The summed E-state index contributed by atoms with van der Waals surface area (Å²) < 4.78 is 5.71. The van der Waals surface area contributed by atoms with E-state index in [0.717, 1.165) is 19.3 Å². The van der Waals surface area contributed by atoms with E-state index in [4.69, 9.17) is 10.5 Å². The van der Waals surface area contributed by atoms with Gasteiger partial charge in [-0.25, -0.2) is 0 Å². The minimum atomic E-state index is -0.0360. The van der Waals surface area contributed by atoms with Crippen LogP contribution in [0.3, 0.4) is 0 Å². The van der Waals surface area contributed by atoms with Gasteiger partial charge < -0.3 is 15.8 Å². The Kier molecular flexibility index (Phi) is 3.78. The molecule has 3 unspecified atom stereocenters. The number of amides is 1. The number of benzene rings is 1. The predicted molar refractivity (Wildman–Crippen MR) is 71.9 cm³/mol. The minimum Gasteiger partial charge on any atom is -0.399 e. The summed E-state index contributed by atoms with van der Waals surface area (Å²) in [5.74, 6) is -0.0360. The maximum atomic E-state index is 12.0. The van der Waals surface area contributed by atoms with Gasteiger partial charge in [0.15, 0.2) is 0 Å². The van der Waals surface area contributed by atoms with Crippen molar-refractivity contribution in [3.05, 3.63) is 29.8 Å². The lowest BCUT2D eigenvalue weighted by atomic mass is 9.95. The number of carbonyl (C=O) groups is 1. The molecule has 18 heavy (non-hydrogen) atoms. The summed E-state index contributed by atoms with van der Waals surface area (Å²) in [6, 6.07) is 7.16. The van der Waals surface area contributed by atoms with Gasteiger partial charge in [0.2, 0.25) is 0 Å². The third-order valence-electron chi connectivity index (χ3n) is 3.60. The summed E-state index contributed by atoms with van der Waals surface area (Å²) >= 11 is 0. The van der Waals surface area contributed by atoms with E-state index in [1.807, 2.05) is 0 Å². The van der Waals surface area contributed by atoms with Crippen LogP contribution in [0.5, 0.6) is 0 Å². The quantitative estimate of drug-likeness (QED) is 0.803. The average molecular weight is 269 g/mol. The summed E-state index contributed by atoms with van der Waals surface area (Å²) in [7, 11) is 0. The second kappa shape index (κ2) is 5.16. The maximum Gasteiger partial charge on any atom is 0.251 e. The Hall–Kier alpha value is -1.26. The van der Waals surface area contributed by atoms with Crippen molar-refractivity contribution < 1.29 is 9.53 Å². The second-order valence-electron chi connectivity index (χ2n) is 4.81. The predicted octanol–water partition coefficient (Wildman–Crippen LogP) is 1.74. The molecule has 1 amide bonds. The van der Waals surface area contributed by atoms with Crippen molar-refractivity contribution in [2.45, 2.75) is 37.5 Å². The van der Waals surface area contributed by atoms with Crippen LogP contribution in [0, 0.1) is 0 Å². The summed E-state index contributed by atoms with van der Waals surface area (Å²) in [6.45, 7) is 0. The molecule has 3 rings (SSSR count). The number of hydrogen-bond donors (Lipinski definition) is 2. The van der Waals surface area contributed by atoms with E-state index in [9.17, 15) is 4.79 Å². The van der Waals surface area contributed by atoms with Crippen LogP contribution >= 0.6 is 12.4 Å². The highest BCUT2D eigenvalue weighted by Gasteiger charge is 2.41. The average Bonchev–Trinajstić information content (AvgIpc) is 2.91. The Labute approximate surface area is 112 Å². The number of halogens is 1. The molecule has 0 saturated carbocycles. The largest absolute Gasteiger partial charge is 0.399 e. The molecule has 2 saturated heterocycles. The first-order valence-corrected chi connectivity index (χ1v) is 6.04. The molecule has 0 aliphatic carbocycles. The van der Waals surface area contributed by atoms with Crippen molar-refractivity contribution >= 4 is 24.0 Å². The molecule has 0 radical (unpaired) electrons. The fraction of sp³-hybridized carbons (Fsp3) is 0.462.